The van der Waals surface area contributed by atoms with E-state index in [9.17, 15) is 0 Å². The van der Waals surface area contributed by atoms with Gasteiger partial charge < -0.3 is 0 Å². The summed E-state index contributed by atoms with van der Waals surface area (Å²) in [6, 6.07) is 18.4. The summed E-state index contributed by atoms with van der Waals surface area (Å²) in [5.41, 5.74) is 6.41. The molecule has 0 unspecified atom stereocenters. The van der Waals surface area contributed by atoms with Gasteiger partial charge >= 0.3 is 0 Å². The minimum Gasteiger partial charge on any atom is -0.0620 e. The lowest BCUT2D eigenvalue weighted by molar-refractivity contribution is 0.319. The number of hydrogen-bond donors (Lipinski definition) is 0. The normalized spacial score (nSPS) is 21.2. The van der Waals surface area contributed by atoms with Gasteiger partial charge in [-0.2, -0.15) is 0 Å². The van der Waals surface area contributed by atoms with E-state index in [0.717, 1.165) is 5.92 Å². The first-order valence-electron chi connectivity index (χ1n) is 8.88. The molecule has 2 aromatic rings. The summed E-state index contributed by atoms with van der Waals surface area (Å²) < 4.78 is 0. The fraction of sp³-hybridized carbons (Fsp3) is 0.455. The van der Waals surface area contributed by atoms with Crippen LogP contribution in [0.15, 0.2) is 48.5 Å². The second-order valence-electron chi connectivity index (χ2n) is 7.68. The van der Waals surface area contributed by atoms with Crippen LogP contribution in [-0.4, -0.2) is 0 Å². The van der Waals surface area contributed by atoms with Gasteiger partial charge in [-0.1, -0.05) is 81.6 Å². The van der Waals surface area contributed by atoms with Gasteiger partial charge in [0.15, 0.2) is 0 Å². The Kier molecular flexibility index (Phi) is 3.36. The van der Waals surface area contributed by atoms with Crippen LogP contribution in [0, 0.1) is 5.92 Å². The molecule has 0 heteroatoms. The second-order valence-corrected chi connectivity index (χ2v) is 7.68. The molecular weight excluding hydrogens is 264 g/mol. The van der Waals surface area contributed by atoms with Crippen molar-refractivity contribution in [2.45, 2.75) is 57.3 Å². The van der Waals surface area contributed by atoms with E-state index in [0.29, 0.717) is 5.92 Å². The van der Waals surface area contributed by atoms with Crippen molar-refractivity contribution in [3.8, 4) is 0 Å². The third-order valence-corrected chi connectivity index (χ3v) is 6.06. The molecule has 1 fully saturated rings. The first kappa shape index (κ1) is 14.1. The molecule has 0 bridgehead atoms. The highest BCUT2D eigenvalue weighted by Crippen LogP contribution is 2.51. The van der Waals surface area contributed by atoms with Gasteiger partial charge in [0.2, 0.25) is 0 Å². The molecule has 0 nitrogen and oxygen atoms in total. The van der Waals surface area contributed by atoms with Crippen LogP contribution in [0.3, 0.4) is 0 Å². The fourth-order valence-electron chi connectivity index (χ4n) is 4.96. The molecule has 0 radical (unpaired) electrons. The summed E-state index contributed by atoms with van der Waals surface area (Å²) >= 11 is 0. The van der Waals surface area contributed by atoms with Crippen LogP contribution in [0.1, 0.15) is 74.1 Å². The van der Waals surface area contributed by atoms with Gasteiger partial charge in [-0.25, -0.2) is 0 Å². The quantitative estimate of drug-likeness (QED) is 0.601. The zero-order valence-corrected chi connectivity index (χ0v) is 13.8. The van der Waals surface area contributed by atoms with Gasteiger partial charge in [0.05, 0.1) is 0 Å². The SMILES string of the molecule is CC1(C)c2ccccc2C(C2CCCCC2)c2ccccc21. The van der Waals surface area contributed by atoms with Crippen LogP contribution >= 0.6 is 0 Å². The van der Waals surface area contributed by atoms with E-state index in [1.807, 2.05) is 0 Å². The molecule has 0 heterocycles. The summed E-state index contributed by atoms with van der Waals surface area (Å²) in [4.78, 5) is 0. The van der Waals surface area contributed by atoms with Gasteiger partial charge in [-0.05, 0) is 41.0 Å². The molecule has 0 atom stereocenters. The summed E-state index contributed by atoms with van der Waals surface area (Å²) in [5.74, 6) is 1.44. The minimum atomic E-state index is 0.123. The predicted octanol–water partition coefficient (Wildman–Crippen LogP) is 6.04. The van der Waals surface area contributed by atoms with E-state index in [1.54, 1.807) is 22.3 Å². The lowest BCUT2D eigenvalue weighted by Crippen LogP contribution is -2.32. The highest BCUT2D eigenvalue weighted by atomic mass is 14.4. The zero-order valence-electron chi connectivity index (χ0n) is 13.8. The smallest absolute Gasteiger partial charge is 0.0152 e. The molecule has 2 aromatic carbocycles. The summed E-state index contributed by atoms with van der Waals surface area (Å²) in [6.45, 7) is 4.78. The van der Waals surface area contributed by atoms with E-state index < -0.39 is 0 Å². The lowest BCUT2D eigenvalue weighted by atomic mass is 9.61. The van der Waals surface area contributed by atoms with Crippen molar-refractivity contribution in [2.24, 2.45) is 5.92 Å². The zero-order chi connectivity index (χ0) is 15.2. The van der Waals surface area contributed by atoms with Gasteiger partial charge in [-0.15, -0.1) is 0 Å². The molecule has 0 aromatic heterocycles. The van der Waals surface area contributed by atoms with E-state index in [1.165, 1.54) is 32.1 Å². The molecule has 0 saturated heterocycles. The van der Waals surface area contributed by atoms with Crippen molar-refractivity contribution in [1.82, 2.24) is 0 Å². The standard InChI is InChI=1S/C22H26/c1-22(2)19-14-8-6-12-17(19)21(16-10-4-3-5-11-16)18-13-7-9-15-20(18)22/h6-9,12-16,21H,3-5,10-11H2,1-2H3. The monoisotopic (exact) mass is 290 g/mol. The maximum absolute atomic E-state index is 2.40. The minimum absolute atomic E-state index is 0.123. The molecule has 1 saturated carbocycles. The van der Waals surface area contributed by atoms with Crippen molar-refractivity contribution in [3.63, 3.8) is 0 Å². The van der Waals surface area contributed by atoms with E-state index in [2.05, 4.69) is 62.4 Å². The molecule has 0 spiro atoms. The van der Waals surface area contributed by atoms with Gasteiger partial charge in [0, 0.05) is 11.3 Å². The summed E-state index contributed by atoms with van der Waals surface area (Å²) in [5, 5.41) is 0. The van der Waals surface area contributed by atoms with Crippen LogP contribution in [0.2, 0.25) is 0 Å². The Morgan fingerprint density at radius 2 is 1.23 bits per heavy atom. The van der Waals surface area contributed by atoms with Crippen LogP contribution in [0.4, 0.5) is 0 Å². The average molecular weight is 290 g/mol. The third kappa shape index (κ3) is 2.04. The number of benzene rings is 2. The van der Waals surface area contributed by atoms with Crippen LogP contribution in [-0.2, 0) is 5.41 Å². The largest absolute Gasteiger partial charge is 0.0620 e. The first-order chi connectivity index (χ1) is 10.7. The van der Waals surface area contributed by atoms with Crippen LogP contribution in [0.5, 0.6) is 0 Å². The third-order valence-electron chi connectivity index (χ3n) is 6.06. The van der Waals surface area contributed by atoms with Crippen molar-refractivity contribution in [1.29, 1.82) is 0 Å². The highest BCUT2D eigenvalue weighted by Gasteiger charge is 2.39. The summed E-state index contributed by atoms with van der Waals surface area (Å²) in [6.07, 6.45) is 7.04. The van der Waals surface area contributed by atoms with Crippen molar-refractivity contribution in [3.05, 3.63) is 70.8 Å². The highest BCUT2D eigenvalue weighted by molar-refractivity contribution is 5.55. The number of rotatable bonds is 1. The topological polar surface area (TPSA) is 0 Å². The molecule has 0 amide bonds. The number of hydrogen-bond acceptors (Lipinski definition) is 0. The Bertz CT molecular complexity index is 624. The van der Waals surface area contributed by atoms with Crippen molar-refractivity contribution >= 4 is 0 Å². The lowest BCUT2D eigenvalue weighted by Gasteiger charge is -2.43. The van der Waals surface area contributed by atoms with Crippen LogP contribution in [0.25, 0.3) is 0 Å². The van der Waals surface area contributed by atoms with Gasteiger partial charge in [-0.3, -0.25) is 0 Å². The Morgan fingerprint density at radius 3 is 1.77 bits per heavy atom. The predicted molar refractivity (Wildman–Crippen MR) is 93.4 cm³/mol. The van der Waals surface area contributed by atoms with E-state index >= 15 is 0 Å². The first-order valence-corrected chi connectivity index (χ1v) is 8.88. The molecule has 0 aliphatic heterocycles. The molecule has 0 N–H and O–H groups in total. The second kappa shape index (κ2) is 5.26. The molecule has 22 heavy (non-hydrogen) atoms. The Morgan fingerprint density at radius 1 is 0.727 bits per heavy atom. The molecular formula is C22H26. The molecule has 2 aliphatic rings. The van der Waals surface area contributed by atoms with Crippen molar-refractivity contribution in [2.75, 3.05) is 0 Å². The Hall–Kier alpha value is -1.56. The van der Waals surface area contributed by atoms with Crippen LogP contribution < -0.4 is 0 Å². The maximum Gasteiger partial charge on any atom is 0.0152 e. The molecule has 4 rings (SSSR count). The molecule has 2 aliphatic carbocycles. The molecule has 114 valence electrons. The Labute approximate surface area is 134 Å². The van der Waals surface area contributed by atoms with E-state index in [-0.39, 0.29) is 5.41 Å². The fourth-order valence-corrected chi connectivity index (χ4v) is 4.96. The van der Waals surface area contributed by atoms with Gasteiger partial charge in [0.1, 0.15) is 0 Å². The van der Waals surface area contributed by atoms with Crippen molar-refractivity contribution < 1.29 is 0 Å². The summed E-state index contributed by atoms with van der Waals surface area (Å²) in [7, 11) is 0. The Balaban J connectivity index is 1.92. The average Bonchev–Trinajstić information content (AvgIpc) is 2.56. The number of fused-ring (bicyclic) bond motifs is 2. The van der Waals surface area contributed by atoms with Gasteiger partial charge in [0.25, 0.3) is 0 Å². The van der Waals surface area contributed by atoms with E-state index in [4.69, 9.17) is 0 Å². The maximum atomic E-state index is 2.40.